The fourth-order valence-electron chi connectivity index (χ4n) is 2.35. The van der Waals surface area contributed by atoms with Crippen LogP contribution < -0.4 is 10.9 Å². The van der Waals surface area contributed by atoms with Crippen LogP contribution in [0.5, 0.6) is 0 Å². The quantitative estimate of drug-likeness (QED) is 0.619. The summed E-state index contributed by atoms with van der Waals surface area (Å²) in [6.07, 6.45) is 3.02. The molecule has 0 bridgehead atoms. The summed E-state index contributed by atoms with van der Waals surface area (Å²) in [6, 6.07) is 9.39. The number of carbonyl (C=O) groups is 2. The number of benzene rings is 1. The minimum Gasteiger partial charge on any atom is -0.462 e. The Balaban J connectivity index is 1.69. The van der Waals surface area contributed by atoms with Crippen LogP contribution in [-0.2, 0) is 11.3 Å². The molecule has 9 heteroatoms. The van der Waals surface area contributed by atoms with Crippen LogP contribution in [0.4, 0.5) is 0 Å². The summed E-state index contributed by atoms with van der Waals surface area (Å²) in [5, 5.41) is 2.68. The lowest BCUT2D eigenvalue weighted by Gasteiger charge is -2.07. The number of H-pyrrole nitrogens is 1. The summed E-state index contributed by atoms with van der Waals surface area (Å²) in [6.45, 7) is 2.24. The number of ether oxygens (including phenoxy) is 1. The predicted molar refractivity (Wildman–Crippen MR) is 99.5 cm³/mol. The summed E-state index contributed by atoms with van der Waals surface area (Å²) >= 11 is 0. The molecule has 0 unspecified atom stereocenters. The zero-order chi connectivity index (χ0) is 19.9. The van der Waals surface area contributed by atoms with E-state index in [9.17, 15) is 14.4 Å². The van der Waals surface area contributed by atoms with Gasteiger partial charge in [-0.25, -0.2) is 19.7 Å². The summed E-state index contributed by atoms with van der Waals surface area (Å²) in [4.78, 5) is 50.5. The first-order valence-electron chi connectivity index (χ1n) is 8.50. The number of aromatic nitrogens is 4. The van der Waals surface area contributed by atoms with Crippen LogP contribution in [-0.4, -0.2) is 38.4 Å². The lowest BCUT2D eigenvalue weighted by atomic mass is 10.1. The van der Waals surface area contributed by atoms with E-state index >= 15 is 0 Å². The van der Waals surface area contributed by atoms with Gasteiger partial charge in [-0.15, -0.1) is 0 Å². The van der Waals surface area contributed by atoms with Gasteiger partial charge in [-0.1, -0.05) is 12.1 Å². The Morgan fingerprint density at radius 1 is 1.14 bits per heavy atom. The Morgan fingerprint density at radius 2 is 1.86 bits per heavy atom. The van der Waals surface area contributed by atoms with E-state index in [1.807, 2.05) is 0 Å². The Morgan fingerprint density at radius 3 is 2.54 bits per heavy atom. The summed E-state index contributed by atoms with van der Waals surface area (Å²) < 4.78 is 4.92. The van der Waals surface area contributed by atoms with Gasteiger partial charge in [-0.05, 0) is 30.7 Å². The normalized spacial score (nSPS) is 10.3. The van der Waals surface area contributed by atoms with Gasteiger partial charge in [0.15, 0.2) is 11.6 Å². The zero-order valence-corrected chi connectivity index (χ0v) is 15.0. The van der Waals surface area contributed by atoms with Crippen molar-refractivity contribution in [2.75, 3.05) is 6.61 Å². The molecular formula is C19H17N5O4. The van der Waals surface area contributed by atoms with Gasteiger partial charge >= 0.3 is 5.97 Å². The number of amides is 1. The molecule has 0 spiro atoms. The summed E-state index contributed by atoms with van der Waals surface area (Å²) in [7, 11) is 0. The van der Waals surface area contributed by atoms with Gasteiger partial charge in [0, 0.05) is 25.0 Å². The topological polar surface area (TPSA) is 127 Å². The molecule has 1 amide bonds. The van der Waals surface area contributed by atoms with E-state index in [0.29, 0.717) is 12.2 Å². The molecule has 2 heterocycles. The smallest absolute Gasteiger partial charge is 0.338 e. The highest BCUT2D eigenvalue weighted by Gasteiger charge is 2.13. The number of aromatic amines is 1. The molecule has 28 heavy (non-hydrogen) atoms. The highest BCUT2D eigenvalue weighted by atomic mass is 16.5. The summed E-state index contributed by atoms with van der Waals surface area (Å²) in [5.74, 6) is -0.597. The second-order valence-electron chi connectivity index (χ2n) is 5.65. The first-order valence-corrected chi connectivity index (χ1v) is 8.50. The van der Waals surface area contributed by atoms with Crippen molar-refractivity contribution in [2.45, 2.75) is 13.5 Å². The minimum absolute atomic E-state index is 0.0469. The third kappa shape index (κ3) is 4.64. The Hall–Kier alpha value is -3.88. The van der Waals surface area contributed by atoms with Crippen molar-refractivity contribution in [1.29, 1.82) is 0 Å². The lowest BCUT2D eigenvalue weighted by Crippen LogP contribution is -2.26. The Kier molecular flexibility index (Phi) is 5.85. The third-order valence-electron chi connectivity index (χ3n) is 3.67. The van der Waals surface area contributed by atoms with Gasteiger partial charge in [0.1, 0.15) is 5.69 Å². The molecule has 2 N–H and O–H groups in total. The second-order valence-corrected chi connectivity index (χ2v) is 5.65. The molecule has 1 aromatic carbocycles. The molecule has 9 nitrogen and oxygen atoms in total. The van der Waals surface area contributed by atoms with Crippen LogP contribution >= 0.6 is 0 Å². The molecule has 0 radical (unpaired) electrons. The van der Waals surface area contributed by atoms with Crippen molar-refractivity contribution < 1.29 is 14.3 Å². The van der Waals surface area contributed by atoms with E-state index in [-0.39, 0.29) is 23.9 Å². The van der Waals surface area contributed by atoms with Gasteiger partial charge in [0.2, 0.25) is 0 Å². The molecule has 0 atom stereocenters. The predicted octanol–water partition coefficient (Wildman–Crippen LogP) is 1.33. The standard InChI is InChI=1S/C19H17N5O4/c1-2-28-19(27)13-6-4-12(5-7-13)11-22-18(26)14-10-15(25)24-17(23-14)16-20-8-3-9-21-16/h3-10H,2,11H2,1H3,(H,22,26)(H,23,24,25). The van der Waals surface area contributed by atoms with E-state index in [0.717, 1.165) is 11.6 Å². The maximum absolute atomic E-state index is 12.4. The van der Waals surface area contributed by atoms with Gasteiger partial charge in [-0.2, -0.15) is 0 Å². The van der Waals surface area contributed by atoms with Crippen LogP contribution in [0.15, 0.2) is 53.6 Å². The number of hydrogen-bond acceptors (Lipinski definition) is 7. The van der Waals surface area contributed by atoms with Gasteiger partial charge in [-0.3, -0.25) is 9.59 Å². The van der Waals surface area contributed by atoms with Gasteiger partial charge in [0.25, 0.3) is 11.5 Å². The fourth-order valence-corrected chi connectivity index (χ4v) is 2.35. The molecule has 0 saturated carbocycles. The molecule has 0 fully saturated rings. The van der Waals surface area contributed by atoms with Gasteiger partial charge < -0.3 is 15.0 Å². The second kappa shape index (κ2) is 8.67. The minimum atomic E-state index is -0.516. The maximum Gasteiger partial charge on any atom is 0.338 e. The van der Waals surface area contributed by atoms with Crippen LogP contribution in [0, 0.1) is 0 Å². The Labute approximate surface area is 159 Å². The Bertz CT molecular complexity index is 1030. The summed E-state index contributed by atoms with van der Waals surface area (Å²) in [5.41, 5.74) is 0.675. The number of carbonyl (C=O) groups excluding carboxylic acids is 2. The van der Waals surface area contributed by atoms with E-state index in [4.69, 9.17) is 4.74 Å². The van der Waals surface area contributed by atoms with Gasteiger partial charge in [0.05, 0.1) is 12.2 Å². The van der Waals surface area contributed by atoms with Crippen molar-refractivity contribution in [2.24, 2.45) is 0 Å². The molecule has 0 aliphatic carbocycles. The molecule has 3 aromatic rings. The van der Waals surface area contributed by atoms with Crippen LogP contribution in [0.1, 0.15) is 33.3 Å². The largest absolute Gasteiger partial charge is 0.462 e. The maximum atomic E-state index is 12.4. The van der Waals surface area contributed by atoms with E-state index in [1.54, 1.807) is 37.3 Å². The molecule has 0 saturated heterocycles. The number of hydrogen-bond donors (Lipinski definition) is 2. The van der Waals surface area contributed by atoms with Crippen LogP contribution in [0.3, 0.4) is 0 Å². The van der Waals surface area contributed by atoms with Crippen molar-refractivity contribution in [3.05, 3.63) is 76.0 Å². The van der Waals surface area contributed by atoms with E-state index < -0.39 is 17.4 Å². The van der Waals surface area contributed by atoms with E-state index in [2.05, 4.69) is 25.3 Å². The van der Waals surface area contributed by atoms with Crippen molar-refractivity contribution >= 4 is 11.9 Å². The average molecular weight is 379 g/mol. The molecule has 3 rings (SSSR count). The first-order chi connectivity index (χ1) is 13.6. The average Bonchev–Trinajstić information content (AvgIpc) is 2.72. The third-order valence-corrected chi connectivity index (χ3v) is 3.67. The SMILES string of the molecule is CCOC(=O)c1ccc(CNC(=O)c2cc(=O)[nH]c(-c3ncccn3)n2)cc1. The molecular weight excluding hydrogens is 362 g/mol. The van der Waals surface area contributed by atoms with E-state index in [1.165, 1.54) is 12.4 Å². The van der Waals surface area contributed by atoms with Crippen LogP contribution in [0.2, 0.25) is 0 Å². The molecule has 2 aromatic heterocycles. The number of rotatable bonds is 6. The number of nitrogens with zero attached hydrogens (tertiary/aromatic N) is 3. The molecule has 0 aliphatic rings. The fraction of sp³-hybridized carbons (Fsp3) is 0.158. The van der Waals surface area contributed by atoms with Crippen LogP contribution in [0.25, 0.3) is 11.6 Å². The zero-order valence-electron chi connectivity index (χ0n) is 15.0. The number of nitrogens with one attached hydrogen (secondary N) is 2. The highest BCUT2D eigenvalue weighted by molar-refractivity contribution is 5.92. The highest BCUT2D eigenvalue weighted by Crippen LogP contribution is 2.08. The van der Waals surface area contributed by atoms with Crippen molar-refractivity contribution in [3.8, 4) is 11.6 Å². The van der Waals surface area contributed by atoms with Crippen molar-refractivity contribution in [1.82, 2.24) is 25.3 Å². The number of esters is 1. The molecule has 0 aliphatic heterocycles. The van der Waals surface area contributed by atoms with Crippen molar-refractivity contribution in [3.63, 3.8) is 0 Å². The lowest BCUT2D eigenvalue weighted by molar-refractivity contribution is 0.0526. The first kappa shape index (κ1) is 18.9. The monoisotopic (exact) mass is 379 g/mol. The molecule has 142 valence electrons.